The van der Waals surface area contributed by atoms with Crippen LogP contribution in [-0.2, 0) is 7.05 Å². The van der Waals surface area contributed by atoms with E-state index in [1.54, 1.807) is 21.6 Å². The highest BCUT2D eigenvalue weighted by Crippen LogP contribution is 2.22. The Morgan fingerprint density at radius 3 is 2.57 bits per heavy atom. The van der Waals surface area contributed by atoms with Crippen molar-refractivity contribution in [3.05, 3.63) is 71.3 Å². The number of carbonyl (C=O) groups is 1. The normalized spacial score (nSPS) is 12.3. The summed E-state index contributed by atoms with van der Waals surface area (Å²) in [5, 5.41) is 11.8. The lowest BCUT2D eigenvalue weighted by atomic mass is 10.1. The molecule has 0 saturated heterocycles. The lowest BCUT2D eigenvalue weighted by Crippen LogP contribution is -2.26. The molecule has 1 atom stereocenters. The fourth-order valence-corrected chi connectivity index (χ4v) is 3.39. The molecule has 28 heavy (non-hydrogen) atoms. The number of carbonyl (C=O) groups excluding carboxylic acids is 1. The minimum atomic E-state index is -0.209. The Kier molecular flexibility index (Phi) is 4.43. The SMILES string of the molecule is Cc1ccc(-c2ccnc3c(C(=O)NC(C)c4cn(C)nc4C)cnn23)cc1. The molecule has 7 heteroatoms. The molecular weight excluding hydrogens is 352 g/mol. The summed E-state index contributed by atoms with van der Waals surface area (Å²) in [7, 11) is 1.87. The Morgan fingerprint density at radius 1 is 1.14 bits per heavy atom. The van der Waals surface area contributed by atoms with Crippen LogP contribution in [-0.4, -0.2) is 30.3 Å². The molecular formula is C21H22N6O. The second-order valence-corrected chi connectivity index (χ2v) is 7.03. The summed E-state index contributed by atoms with van der Waals surface area (Å²) >= 11 is 0. The molecule has 0 bridgehead atoms. The highest BCUT2D eigenvalue weighted by molar-refractivity contribution is 6.00. The van der Waals surface area contributed by atoms with Crippen LogP contribution in [0.15, 0.2) is 48.9 Å². The Morgan fingerprint density at radius 2 is 1.89 bits per heavy atom. The van der Waals surface area contributed by atoms with Gasteiger partial charge >= 0.3 is 0 Å². The van der Waals surface area contributed by atoms with Gasteiger partial charge in [-0.2, -0.15) is 10.2 Å². The van der Waals surface area contributed by atoms with Crippen molar-refractivity contribution in [2.24, 2.45) is 7.05 Å². The number of aryl methyl sites for hydroxylation is 3. The number of fused-ring (bicyclic) bond motifs is 1. The van der Waals surface area contributed by atoms with Crippen LogP contribution >= 0.6 is 0 Å². The maximum atomic E-state index is 12.9. The number of hydrogen-bond donors (Lipinski definition) is 1. The van der Waals surface area contributed by atoms with E-state index in [0.717, 1.165) is 22.5 Å². The van der Waals surface area contributed by atoms with Crippen molar-refractivity contribution in [1.82, 2.24) is 29.7 Å². The van der Waals surface area contributed by atoms with Crippen molar-refractivity contribution in [2.75, 3.05) is 0 Å². The predicted octanol–water partition coefficient (Wildman–Crippen LogP) is 3.24. The van der Waals surface area contributed by atoms with Gasteiger partial charge in [-0.15, -0.1) is 0 Å². The van der Waals surface area contributed by atoms with Gasteiger partial charge in [-0.05, 0) is 26.8 Å². The number of amides is 1. The maximum absolute atomic E-state index is 12.9. The Bertz CT molecular complexity index is 1160. The number of benzene rings is 1. The van der Waals surface area contributed by atoms with Crippen LogP contribution in [0.25, 0.3) is 16.9 Å². The average Bonchev–Trinajstić information content (AvgIpc) is 3.25. The van der Waals surface area contributed by atoms with Crippen LogP contribution < -0.4 is 5.32 Å². The molecule has 1 unspecified atom stereocenters. The van der Waals surface area contributed by atoms with Gasteiger partial charge in [0.25, 0.3) is 5.91 Å². The van der Waals surface area contributed by atoms with Gasteiger partial charge in [0, 0.05) is 30.6 Å². The minimum Gasteiger partial charge on any atom is -0.345 e. The van der Waals surface area contributed by atoms with Gasteiger partial charge in [-0.25, -0.2) is 9.50 Å². The molecule has 1 N–H and O–H groups in total. The largest absolute Gasteiger partial charge is 0.345 e. The van der Waals surface area contributed by atoms with Crippen LogP contribution in [0.4, 0.5) is 0 Å². The van der Waals surface area contributed by atoms with Crippen LogP contribution in [0.3, 0.4) is 0 Å². The van der Waals surface area contributed by atoms with E-state index in [9.17, 15) is 4.79 Å². The third-order valence-electron chi connectivity index (χ3n) is 4.86. The molecule has 0 fully saturated rings. The smallest absolute Gasteiger partial charge is 0.257 e. The summed E-state index contributed by atoms with van der Waals surface area (Å²) in [5.41, 5.74) is 5.96. The lowest BCUT2D eigenvalue weighted by Gasteiger charge is -2.12. The third kappa shape index (κ3) is 3.15. The van der Waals surface area contributed by atoms with Crippen molar-refractivity contribution < 1.29 is 4.79 Å². The van der Waals surface area contributed by atoms with E-state index in [4.69, 9.17) is 0 Å². The first-order chi connectivity index (χ1) is 13.4. The molecule has 4 rings (SSSR count). The number of nitrogens with one attached hydrogen (secondary N) is 1. The van der Waals surface area contributed by atoms with Crippen LogP contribution in [0, 0.1) is 13.8 Å². The van der Waals surface area contributed by atoms with Gasteiger partial charge in [0.05, 0.1) is 23.6 Å². The number of rotatable bonds is 4. The zero-order valence-corrected chi connectivity index (χ0v) is 16.3. The fraction of sp³-hybridized carbons (Fsp3) is 0.238. The molecule has 7 nitrogen and oxygen atoms in total. The number of nitrogens with zero attached hydrogens (tertiary/aromatic N) is 5. The molecule has 3 aromatic heterocycles. The first kappa shape index (κ1) is 17.9. The van der Waals surface area contributed by atoms with E-state index in [-0.39, 0.29) is 11.9 Å². The van der Waals surface area contributed by atoms with E-state index in [1.807, 2.05) is 52.2 Å². The molecule has 0 spiro atoms. The Balaban J connectivity index is 1.66. The molecule has 3 heterocycles. The van der Waals surface area contributed by atoms with Gasteiger partial charge in [-0.3, -0.25) is 9.48 Å². The summed E-state index contributed by atoms with van der Waals surface area (Å²) in [4.78, 5) is 17.3. The van der Waals surface area contributed by atoms with Crippen molar-refractivity contribution in [1.29, 1.82) is 0 Å². The Hall–Kier alpha value is -3.48. The van der Waals surface area contributed by atoms with Crippen LogP contribution in [0.2, 0.25) is 0 Å². The number of aromatic nitrogens is 5. The molecule has 0 aliphatic rings. The summed E-state index contributed by atoms with van der Waals surface area (Å²) in [6.07, 6.45) is 5.19. The highest BCUT2D eigenvalue weighted by Gasteiger charge is 2.20. The zero-order valence-electron chi connectivity index (χ0n) is 16.3. The summed E-state index contributed by atoms with van der Waals surface area (Å²) in [5.74, 6) is -0.209. The van der Waals surface area contributed by atoms with E-state index < -0.39 is 0 Å². The maximum Gasteiger partial charge on any atom is 0.257 e. The third-order valence-corrected chi connectivity index (χ3v) is 4.86. The van der Waals surface area contributed by atoms with Gasteiger partial charge in [0.15, 0.2) is 5.65 Å². The van der Waals surface area contributed by atoms with E-state index in [2.05, 4.69) is 32.6 Å². The summed E-state index contributed by atoms with van der Waals surface area (Å²) in [6.45, 7) is 5.93. The molecule has 0 aliphatic carbocycles. The van der Waals surface area contributed by atoms with Gasteiger partial charge in [-0.1, -0.05) is 29.8 Å². The molecule has 1 amide bonds. The molecule has 0 aliphatic heterocycles. The van der Waals surface area contributed by atoms with Gasteiger partial charge < -0.3 is 5.32 Å². The lowest BCUT2D eigenvalue weighted by molar-refractivity contribution is 0.0941. The highest BCUT2D eigenvalue weighted by atomic mass is 16.1. The summed E-state index contributed by atoms with van der Waals surface area (Å²) in [6, 6.07) is 9.91. The van der Waals surface area contributed by atoms with Crippen LogP contribution in [0.1, 0.15) is 40.1 Å². The quantitative estimate of drug-likeness (QED) is 0.595. The second kappa shape index (κ2) is 6.92. The molecule has 142 valence electrons. The first-order valence-electron chi connectivity index (χ1n) is 9.15. The summed E-state index contributed by atoms with van der Waals surface area (Å²) < 4.78 is 3.46. The first-order valence-corrected chi connectivity index (χ1v) is 9.15. The minimum absolute atomic E-state index is 0.170. The van der Waals surface area contributed by atoms with E-state index in [1.165, 1.54) is 5.56 Å². The van der Waals surface area contributed by atoms with E-state index >= 15 is 0 Å². The van der Waals surface area contributed by atoms with Gasteiger partial charge in [0.2, 0.25) is 0 Å². The number of hydrogen-bond acceptors (Lipinski definition) is 4. The molecule has 4 aromatic rings. The molecule has 0 saturated carbocycles. The zero-order chi connectivity index (χ0) is 19.8. The van der Waals surface area contributed by atoms with E-state index in [0.29, 0.717) is 11.2 Å². The standard InChI is InChI=1S/C21H22N6O/c1-13-5-7-16(8-6-13)19-9-10-22-20-17(11-23-27(19)20)21(28)24-14(2)18-12-26(4)25-15(18)3/h5-12,14H,1-4H3,(H,24,28). The van der Waals surface area contributed by atoms with Crippen LogP contribution in [0.5, 0.6) is 0 Å². The predicted molar refractivity (Wildman–Crippen MR) is 107 cm³/mol. The fourth-order valence-electron chi connectivity index (χ4n) is 3.39. The molecule has 0 radical (unpaired) electrons. The average molecular weight is 374 g/mol. The topological polar surface area (TPSA) is 77.1 Å². The monoisotopic (exact) mass is 374 g/mol. The van der Waals surface area contributed by atoms with Crippen molar-refractivity contribution in [3.63, 3.8) is 0 Å². The Labute approximate surface area is 163 Å². The van der Waals surface area contributed by atoms with Crippen molar-refractivity contribution >= 4 is 11.6 Å². The second-order valence-electron chi connectivity index (χ2n) is 7.03. The van der Waals surface area contributed by atoms with Crippen molar-refractivity contribution in [2.45, 2.75) is 26.8 Å². The van der Waals surface area contributed by atoms with Gasteiger partial charge in [0.1, 0.15) is 5.56 Å². The molecule has 1 aromatic carbocycles. The van der Waals surface area contributed by atoms with Crippen molar-refractivity contribution in [3.8, 4) is 11.3 Å².